The van der Waals surface area contributed by atoms with Crippen LogP contribution < -0.4 is 5.73 Å². The molecule has 2 aliphatic carbocycles. The van der Waals surface area contributed by atoms with Crippen molar-refractivity contribution in [2.75, 3.05) is 12.4 Å². The summed E-state index contributed by atoms with van der Waals surface area (Å²) in [6, 6.07) is 0.420. The topological polar surface area (TPSA) is 95.9 Å². The second-order valence-electron chi connectivity index (χ2n) is 5.46. The van der Waals surface area contributed by atoms with Crippen molar-refractivity contribution in [3.05, 3.63) is 0 Å². The van der Waals surface area contributed by atoms with Crippen molar-refractivity contribution < 1.29 is 9.53 Å². The molecule has 1 aromatic heterocycles. The molecule has 8 heteroatoms. The molecule has 0 aromatic carbocycles. The average molecular weight is 297 g/mol. The summed E-state index contributed by atoms with van der Waals surface area (Å²) in [5.41, 5.74) is 5.40. The molecule has 2 N–H and O–H groups in total. The van der Waals surface area contributed by atoms with Crippen LogP contribution in [0.4, 0.5) is 0 Å². The lowest BCUT2D eigenvalue weighted by molar-refractivity contribution is -0.149. The third kappa shape index (κ3) is 2.67. The van der Waals surface area contributed by atoms with Crippen molar-refractivity contribution >= 4 is 17.7 Å². The van der Waals surface area contributed by atoms with Crippen molar-refractivity contribution in [3.8, 4) is 0 Å². The summed E-state index contributed by atoms with van der Waals surface area (Å²) in [6.07, 6.45) is 4.21. The van der Waals surface area contributed by atoms with Gasteiger partial charge in [-0.15, -0.1) is 5.10 Å². The first-order valence-corrected chi connectivity index (χ1v) is 8.00. The quantitative estimate of drug-likeness (QED) is 0.586. The smallest absolute Gasteiger partial charge is 0.327 e. The van der Waals surface area contributed by atoms with Gasteiger partial charge < -0.3 is 10.5 Å². The largest absolute Gasteiger partial charge is 0.465 e. The van der Waals surface area contributed by atoms with Gasteiger partial charge in [0, 0.05) is 5.75 Å². The Bertz CT molecular complexity index is 500. The molecule has 1 heterocycles. The Morgan fingerprint density at radius 2 is 2.25 bits per heavy atom. The lowest BCUT2D eigenvalue weighted by Crippen LogP contribution is -2.53. The van der Waals surface area contributed by atoms with Crippen molar-refractivity contribution in [3.63, 3.8) is 0 Å². The molecule has 0 saturated heterocycles. The van der Waals surface area contributed by atoms with E-state index in [1.807, 2.05) is 4.68 Å². The highest BCUT2D eigenvalue weighted by Gasteiger charge is 2.49. The van der Waals surface area contributed by atoms with E-state index in [0.29, 0.717) is 18.4 Å². The molecule has 1 aromatic rings. The molecule has 0 amide bonds. The molecule has 3 rings (SSSR count). The van der Waals surface area contributed by atoms with Gasteiger partial charge in [0.15, 0.2) is 0 Å². The maximum absolute atomic E-state index is 12.1. The van der Waals surface area contributed by atoms with E-state index in [2.05, 4.69) is 15.5 Å². The summed E-state index contributed by atoms with van der Waals surface area (Å²) < 4.78 is 6.97. The number of nitrogens with zero attached hydrogens (tertiary/aromatic N) is 4. The summed E-state index contributed by atoms with van der Waals surface area (Å²) in [5.74, 6) is 0.378. The van der Waals surface area contributed by atoms with Gasteiger partial charge >= 0.3 is 5.97 Å². The van der Waals surface area contributed by atoms with Gasteiger partial charge in [-0.1, -0.05) is 11.8 Å². The normalized spacial score (nSPS) is 21.5. The van der Waals surface area contributed by atoms with Gasteiger partial charge in [0.25, 0.3) is 0 Å². The molecule has 2 aliphatic rings. The first-order valence-electron chi connectivity index (χ1n) is 7.02. The van der Waals surface area contributed by atoms with Crippen LogP contribution in [0.3, 0.4) is 0 Å². The van der Waals surface area contributed by atoms with Crippen LogP contribution in [0.1, 0.15) is 38.6 Å². The number of nitrogens with two attached hydrogens (primary N) is 1. The number of ether oxygens (including phenoxy) is 1. The van der Waals surface area contributed by atoms with Gasteiger partial charge in [-0.05, 0) is 49.0 Å². The first-order chi connectivity index (χ1) is 9.65. The Morgan fingerprint density at radius 1 is 1.50 bits per heavy atom. The number of carbonyl (C=O) groups excluding carboxylic acids is 1. The third-order valence-corrected chi connectivity index (χ3v) is 4.91. The van der Waals surface area contributed by atoms with Gasteiger partial charge in [0.05, 0.1) is 12.6 Å². The Hall–Kier alpha value is -1.15. The highest BCUT2D eigenvalue weighted by molar-refractivity contribution is 7.99. The summed E-state index contributed by atoms with van der Waals surface area (Å²) in [6.45, 7) is 2.15. The van der Waals surface area contributed by atoms with Gasteiger partial charge in [-0.2, -0.15) is 0 Å². The maximum Gasteiger partial charge on any atom is 0.327 e. The van der Waals surface area contributed by atoms with Crippen molar-refractivity contribution in [2.24, 2.45) is 11.7 Å². The van der Waals surface area contributed by atoms with E-state index in [9.17, 15) is 4.79 Å². The molecule has 0 radical (unpaired) electrons. The minimum absolute atomic E-state index is 0.222. The number of carbonyl (C=O) groups is 1. The monoisotopic (exact) mass is 297 g/mol. The molecular formula is C12H19N5O2S. The van der Waals surface area contributed by atoms with Crippen molar-refractivity contribution in [2.45, 2.75) is 49.3 Å². The predicted molar refractivity (Wildman–Crippen MR) is 73.1 cm³/mol. The molecule has 1 atom stereocenters. The molecule has 0 spiro atoms. The fourth-order valence-electron chi connectivity index (χ4n) is 2.22. The van der Waals surface area contributed by atoms with E-state index in [0.717, 1.165) is 30.8 Å². The molecule has 1 unspecified atom stereocenters. The lowest BCUT2D eigenvalue weighted by Gasteiger charge is -2.26. The second-order valence-corrected chi connectivity index (χ2v) is 6.40. The molecule has 0 bridgehead atoms. The molecule has 110 valence electrons. The van der Waals surface area contributed by atoms with Crippen LogP contribution >= 0.6 is 11.8 Å². The zero-order chi connectivity index (χ0) is 14.2. The van der Waals surface area contributed by atoms with E-state index >= 15 is 0 Å². The number of thioether (sulfide) groups is 1. The minimum atomic E-state index is -0.916. The van der Waals surface area contributed by atoms with E-state index < -0.39 is 5.54 Å². The van der Waals surface area contributed by atoms with Gasteiger partial charge in [0.1, 0.15) is 5.54 Å². The fraction of sp³-hybridized carbons (Fsp3) is 0.833. The fourth-order valence-corrected chi connectivity index (χ4v) is 3.35. The van der Waals surface area contributed by atoms with E-state index in [1.165, 1.54) is 11.8 Å². The van der Waals surface area contributed by atoms with Crippen molar-refractivity contribution in [1.82, 2.24) is 20.2 Å². The SMILES string of the molecule is CCOC(=O)C(N)(CSc1nnnn1C1CC1)C1CC1. The van der Waals surface area contributed by atoms with Gasteiger partial charge in [-0.25, -0.2) is 4.68 Å². The third-order valence-electron chi connectivity index (χ3n) is 3.76. The second kappa shape index (κ2) is 5.33. The number of aromatic nitrogens is 4. The van der Waals surface area contributed by atoms with Crippen LogP contribution in [0.25, 0.3) is 0 Å². The standard InChI is InChI=1S/C12H19N5O2S/c1-2-19-10(18)12(13,8-3-4-8)7-20-11-14-15-16-17(11)9-5-6-9/h8-9H,2-7,13H2,1H3. The predicted octanol–water partition coefficient (Wildman–Crippen LogP) is 0.771. The molecule has 2 saturated carbocycles. The molecule has 20 heavy (non-hydrogen) atoms. The van der Waals surface area contributed by atoms with E-state index in [1.54, 1.807) is 6.92 Å². The Balaban J connectivity index is 1.67. The number of hydrogen-bond acceptors (Lipinski definition) is 7. The molecule has 0 aliphatic heterocycles. The summed E-state index contributed by atoms with van der Waals surface area (Å²) >= 11 is 1.45. The van der Waals surface area contributed by atoms with Crippen LogP contribution in [0.2, 0.25) is 0 Å². The van der Waals surface area contributed by atoms with Crippen LogP contribution in [-0.2, 0) is 9.53 Å². The summed E-state index contributed by atoms with van der Waals surface area (Å²) in [4.78, 5) is 12.1. The summed E-state index contributed by atoms with van der Waals surface area (Å²) in [5, 5.41) is 12.5. The number of tetrazole rings is 1. The Labute approximate surface area is 121 Å². The van der Waals surface area contributed by atoms with E-state index in [4.69, 9.17) is 10.5 Å². The molecule has 2 fully saturated rings. The van der Waals surface area contributed by atoms with Gasteiger partial charge in [0.2, 0.25) is 5.16 Å². The zero-order valence-corrected chi connectivity index (χ0v) is 12.3. The maximum atomic E-state index is 12.1. The number of rotatable bonds is 7. The average Bonchev–Trinajstić information content (AvgIpc) is 3.34. The van der Waals surface area contributed by atoms with Gasteiger partial charge in [-0.3, -0.25) is 4.79 Å². The zero-order valence-electron chi connectivity index (χ0n) is 11.5. The highest BCUT2D eigenvalue weighted by Crippen LogP contribution is 2.42. The Kier molecular flexibility index (Phi) is 3.68. The molecular weight excluding hydrogens is 278 g/mol. The summed E-state index contributed by atoms with van der Waals surface area (Å²) in [7, 11) is 0. The van der Waals surface area contributed by atoms with Crippen LogP contribution in [0.5, 0.6) is 0 Å². The molecule has 7 nitrogen and oxygen atoms in total. The number of hydrogen-bond donors (Lipinski definition) is 1. The lowest BCUT2D eigenvalue weighted by atomic mass is 9.97. The Morgan fingerprint density at radius 3 is 2.85 bits per heavy atom. The van der Waals surface area contributed by atoms with Crippen molar-refractivity contribution in [1.29, 1.82) is 0 Å². The van der Waals surface area contributed by atoms with Crippen LogP contribution in [0.15, 0.2) is 5.16 Å². The van der Waals surface area contributed by atoms with Crippen LogP contribution in [0, 0.1) is 5.92 Å². The number of esters is 1. The minimum Gasteiger partial charge on any atom is -0.465 e. The first kappa shape index (κ1) is 13.8. The van der Waals surface area contributed by atoms with Crippen LogP contribution in [-0.4, -0.2) is 44.1 Å². The van der Waals surface area contributed by atoms with E-state index in [-0.39, 0.29) is 11.9 Å². The highest BCUT2D eigenvalue weighted by atomic mass is 32.2.